The van der Waals surface area contributed by atoms with E-state index in [1.807, 2.05) is 0 Å². The Balaban J connectivity index is 2.20. The molecule has 7 heteroatoms. The van der Waals surface area contributed by atoms with Crippen LogP contribution in [0.4, 0.5) is 4.39 Å². The van der Waals surface area contributed by atoms with E-state index >= 15 is 0 Å². The lowest BCUT2D eigenvalue weighted by Crippen LogP contribution is -2.26. The molecule has 0 aromatic heterocycles. The van der Waals surface area contributed by atoms with E-state index < -0.39 is 27.5 Å². The minimum absolute atomic E-state index is 0.0477. The van der Waals surface area contributed by atoms with Crippen molar-refractivity contribution in [2.75, 3.05) is 11.5 Å². The number of hydrogen-bond acceptors (Lipinski definition) is 3. The summed E-state index contributed by atoms with van der Waals surface area (Å²) in [6.07, 6.45) is 0.564. The van der Waals surface area contributed by atoms with Crippen LogP contribution in [0, 0.1) is 17.7 Å². The predicted octanol–water partition coefficient (Wildman–Crippen LogP) is 2.27. The Morgan fingerprint density at radius 2 is 2.20 bits per heavy atom. The highest BCUT2D eigenvalue weighted by Gasteiger charge is 2.37. The van der Waals surface area contributed by atoms with Gasteiger partial charge in [0.2, 0.25) is 0 Å². The number of halogens is 2. The molecule has 1 aliphatic rings. The molecule has 1 saturated heterocycles. The molecule has 1 heterocycles. The van der Waals surface area contributed by atoms with Gasteiger partial charge in [-0.1, -0.05) is 22.0 Å². The molecule has 1 aromatic carbocycles. The third kappa shape index (κ3) is 3.58. The lowest BCUT2D eigenvalue weighted by Gasteiger charge is -2.19. The molecule has 4 nitrogen and oxygen atoms in total. The summed E-state index contributed by atoms with van der Waals surface area (Å²) in [6.45, 7) is 0. The van der Waals surface area contributed by atoms with Crippen molar-refractivity contribution in [3.8, 4) is 0 Å². The summed E-state index contributed by atoms with van der Waals surface area (Å²) in [5, 5.41) is 9.33. The van der Waals surface area contributed by atoms with Crippen LogP contribution in [0.2, 0.25) is 0 Å². The van der Waals surface area contributed by atoms with Gasteiger partial charge in [-0.05, 0) is 36.5 Å². The van der Waals surface area contributed by atoms with Crippen molar-refractivity contribution in [2.45, 2.75) is 12.8 Å². The van der Waals surface area contributed by atoms with Crippen molar-refractivity contribution < 1.29 is 22.7 Å². The molecule has 2 unspecified atom stereocenters. The van der Waals surface area contributed by atoms with E-state index in [9.17, 15) is 22.7 Å². The van der Waals surface area contributed by atoms with Gasteiger partial charge >= 0.3 is 5.97 Å². The van der Waals surface area contributed by atoms with Gasteiger partial charge < -0.3 is 5.11 Å². The van der Waals surface area contributed by atoms with Crippen LogP contribution < -0.4 is 0 Å². The second-order valence-electron chi connectivity index (χ2n) is 5.05. The Labute approximate surface area is 125 Å². The van der Waals surface area contributed by atoms with Crippen LogP contribution in [0.25, 0.3) is 0 Å². The van der Waals surface area contributed by atoms with Gasteiger partial charge in [0.15, 0.2) is 9.84 Å². The Morgan fingerprint density at radius 3 is 2.70 bits per heavy atom. The molecule has 1 aromatic rings. The first kappa shape index (κ1) is 15.4. The molecule has 1 fully saturated rings. The second-order valence-corrected chi connectivity index (χ2v) is 8.13. The van der Waals surface area contributed by atoms with E-state index in [0.717, 1.165) is 0 Å². The molecule has 0 radical (unpaired) electrons. The number of sulfone groups is 1. The zero-order valence-electron chi connectivity index (χ0n) is 10.6. The van der Waals surface area contributed by atoms with E-state index in [2.05, 4.69) is 15.9 Å². The summed E-state index contributed by atoms with van der Waals surface area (Å²) in [5.74, 6) is -2.60. The van der Waals surface area contributed by atoms with Gasteiger partial charge in [-0.25, -0.2) is 12.8 Å². The maximum absolute atomic E-state index is 13.0. The molecule has 1 aliphatic heterocycles. The third-order valence-electron chi connectivity index (χ3n) is 3.61. The monoisotopic (exact) mass is 364 g/mol. The van der Waals surface area contributed by atoms with Crippen LogP contribution in [0.3, 0.4) is 0 Å². The minimum Gasteiger partial charge on any atom is -0.481 e. The molecule has 20 heavy (non-hydrogen) atoms. The summed E-state index contributed by atoms with van der Waals surface area (Å²) in [4.78, 5) is 11.4. The molecule has 0 aliphatic carbocycles. The normalized spacial score (nSPS) is 22.6. The van der Waals surface area contributed by atoms with Gasteiger partial charge in [0.05, 0.1) is 17.4 Å². The lowest BCUT2D eigenvalue weighted by molar-refractivity contribution is -0.143. The average molecular weight is 365 g/mol. The number of hydrogen-bond donors (Lipinski definition) is 1. The first-order valence-corrected chi connectivity index (χ1v) is 8.77. The van der Waals surface area contributed by atoms with E-state index in [-0.39, 0.29) is 23.8 Å². The van der Waals surface area contributed by atoms with Crippen molar-refractivity contribution in [3.63, 3.8) is 0 Å². The molecular weight excluding hydrogens is 351 g/mol. The maximum atomic E-state index is 13.0. The Kier molecular flexibility index (Phi) is 4.49. The quantitative estimate of drug-likeness (QED) is 0.889. The first-order chi connectivity index (χ1) is 9.28. The number of carboxylic acid groups (broad SMARTS) is 1. The lowest BCUT2D eigenvalue weighted by atomic mass is 9.86. The average Bonchev–Trinajstić information content (AvgIpc) is 2.68. The zero-order valence-corrected chi connectivity index (χ0v) is 13.0. The van der Waals surface area contributed by atoms with Crippen molar-refractivity contribution in [3.05, 3.63) is 34.1 Å². The van der Waals surface area contributed by atoms with Gasteiger partial charge in [0.25, 0.3) is 0 Å². The highest BCUT2D eigenvalue weighted by molar-refractivity contribution is 9.10. The summed E-state index contributed by atoms with van der Waals surface area (Å²) in [6, 6.07) is 4.07. The van der Waals surface area contributed by atoms with Crippen LogP contribution in [-0.4, -0.2) is 31.0 Å². The van der Waals surface area contributed by atoms with Gasteiger partial charge in [0.1, 0.15) is 5.82 Å². The number of benzene rings is 1. The Hall–Kier alpha value is -0.950. The Bertz CT molecular complexity index is 629. The van der Waals surface area contributed by atoms with Crippen molar-refractivity contribution in [1.82, 2.24) is 0 Å². The highest BCUT2D eigenvalue weighted by atomic mass is 79.9. The van der Waals surface area contributed by atoms with E-state index in [1.54, 1.807) is 0 Å². The summed E-state index contributed by atoms with van der Waals surface area (Å²) < 4.78 is 36.5. The van der Waals surface area contributed by atoms with E-state index in [1.165, 1.54) is 18.2 Å². The summed E-state index contributed by atoms with van der Waals surface area (Å²) in [7, 11) is -3.12. The first-order valence-electron chi connectivity index (χ1n) is 6.15. The molecule has 0 amide bonds. The minimum atomic E-state index is -3.12. The molecule has 2 rings (SSSR count). The second kappa shape index (κ2) is 5.81. The fourth-order valence-electron chi connectivity index (χ4n) is 2.52. The van der Waals surface area contributed by atoms with Gasteiger partial charge in [0, 0.05) is 4.47 Å². The number of carbonyl (C=O) groups is 1. The Morgan fingerprint density at radius 1 is 1.50 bits per heavy atom. The van der Waals surface area contributed by atoms with Crippen molar-refractivity contribution in [1.29, 1.82) is 0 Å². The van der Waals surface area contributed by atoms with Crippen LogP contribution in [-0.2, 0) is 21.1 Å². The molecule has 2 atom stereocenters. The molecule has 1 N–H and O–H groups in total. The molecule has 0 bridgehead atoms. The summed E-state index contributed by atoms with van der Waals surface area (Å²) in [5.41, 5.74) is 0.670. The molecule has 0 spiro atoms. The third-order valence-corrected chi connectivity index (χ3v) is 6.14. The van der Waals surface area contributed by atoms with E-state index in [4.69, 9.17) is 0 Å². The van der Waals surface area contributed by atoms with Crippen LogP contribution >= 0.6 is 15.9 Å². The smallest absolute Gasteiger partial charge is 0.307 e. The maximum Gasteiger partial charge on any atom is 0.307 e. The van der Waals surface area contributed by atoms with Crippen LogP contribution in [0.15, 0.2) is 22.7 Å². The fraction of sp³-hybridized carbons (Fsp3) is 0.462. The number of carboxylic acids is 1. The van der Waals surface area contributed by atoms with Crippen LogP contribution in [0.1, 0.15) is 12.0 Å². The predicted molar refractivity (Wildman–Crippen MR) is 75.7 cm³/mol. The SMILES string of the molecule is O=C(O)C(Cc1ccc(F)cc1Br)C1CCS(=O)(=O)C1. The van der Waals surface area contributed by atoms with Crippen molar-refractivity contribution in [2.24, 2.45) is 11.8 Å². The zero-order chi connectivity index (χ0) is 14.9. The van der Waals surface area contributed by atoms with Gasteiger partial charge in [-0.2, -0.15) is 0 Å². The van der Waals surface area contributed by atoms with E-state index in [0.29, 0.717) is 16.5 Å². The summed E-state index contributed by atoms with van der Waals surface area (Å²) >= 11 is 3.20. The standard InChI is InChI=1S/C13H14BrFO4S/c14-12-6-10(15)2-1-8(12)5-11(13(16)17)9-3-4-20(18,19)7-9/h1-2,6,9,11H,3-5,7H2,(H,16,17). The molecular formula is C13H14BrFO4S. The number of aliphatic carboxylic acids is 1. The molecule has 0 saturated carbocycles. The van der Waals surface area contributed by atoms with Gasteiger partial charge in [-0.15, -0.1) is 0 Å². The fourth-order valence-corrected chi connectivity index (χ4v) is 4.91. The number of rotatable bonds is 4. The van der Waals surface area contributed by atoms with Crippen molar-refractivity contribution >= 4 is 31.7 Å². The topological polar surface area (TPSA) is 71.4 Å². The highest BCUT2D eigenvalue weighted by Crippen LogP contribution is 2.31. The van der Waals surface area contributed by atoms with Gasteiger partial charge in [-0.3, -0.25) is 4.79 Å². The van der Waals surface area contributed by atoms with Crippen LogP contribution in [0.5, 0.6) is 0 Å². The molecule has 110 valence electrons. The largest absolute Gasteiger partial charge is 0.481 e.